The SMILES string of the molecule is Cc1c(CN=C(N)N2CCN(c3nccs3)CC2)oc2ccc(F)cc12.I. The molecule has 0 saturated carbocycles. The van der Waals surface area contributed by atoms with Gasteiger partial charge in [0.15, 0.2) is 11.1 Å². The summed E-state index contributed by atoms with van der Waals surface area (Å²) in [5.41, 5.74) is 7.75. The van der Waals surface area contributed by atoms with Crippen LogP contribution in [0.5, 0.6) is 0 Å². The molecule has 1 aromatic carbocycles. The van der Waals surface area contributed by atoms with Crippen molar-refractivity contribution in [2.75, 3.05) is 31.1 Å². The Labute approximate surface area is 177 Å². The molecule has 2 N–H and O–H groups in total. The van der Waals surface area contributed by atoms with Crippen LogP contribution in [0.25, 0.3) is 11.0 Å². The molecule has 9 heteroatoms. The Morgan fingerprint density at radius 3 is 2.81 bits per heavy atom. The van der Waals surface area contributed by atoms with Gasteiger partial charge in [0.2, 0.25) is 0 Å². The van der Waals surface area contributed by atoms with Gasteiger partial charge in [0, 0.05) is 48.7 Å². The molecule has 1 aliphatic rings. The minimum atomic E-state index is -0.269. The van der Waals surface area contributed by atoms with Gasteiger partial charge >= 0.3 is 0 Å². The maximum atomic E-state index is 13.4. The van der Waals surface area contributed by atoms with E-state index in [1.807, 2.05) is 18.5 Å². The fraction of sp³-hybridized carbons (Fsp3) is 0.333. The van der Waals surface area contributed by atoms with Crippen molar-refractivity contribution in [1.29, 1.82) is 0 Å². The topological polar surface area (TPSA) is 70.9 Å². The molecule has 27 heavy (non-hydrogen) atoms. The molecule has 0 bridgehead atoms. The quantitative estimate of drug-likeness (QED) is 0.338. The van der Waals surface area contributed by atoms with E-state index in [1.165, 1.54) is 12.1 Å². The van der Waals surface area contributed by atoms with E-state index in [9.17, 15) is 4.39 Å². The maximum Gasteiger partial charge on any atom is 0.191 e. The number of halogens is 2. The maximum absolute atomic E-state index is 13.4. The van der Waals surface area contributed by atoms with Crippen molar-refractivity contribution in [1.82, 2.24) is 9.88 Å². The van der Waals surface area contributed by atoms with Gasteiger partial charge in [0.25, 0.3) is 0 Å². The monoisotopic (exact) mass is 501 g/mol. The highest BCUT2D eigenvalue weighted by atomic mass is 127. The molecule has 0 radical (unpaired) electrons. The van der Waals surface area contributed by atoms with Gasteiger partial charge in [-0.05, 0) is 25.1 Å². The summed E-state index contributed by atoms with van der Waals surface area (Å²) in [6, 6.07) is 4.53. The lowest BCUT2D eigenvalue weighted by Gasteiger charge is -2.35. The number of hydrogen-bond acceptors (Lipinski definition) is 5. The van der Waals surface area contributed by atoms with E-state index >= 15 is 0 Å². The lowest BCUT2D eigenvalue weighted by molar-refractivity contribution is 0.380. The number of fused-ring (bicyclic) bond motifs is 1. The van der Waals surface area contributed by atoms with Crippen LogP contribution in [0.3, 0.4) is 0 Å². The van der Waals surface area contributed by atoms with E-state index < -0.39 is 0 Å². The van der Waals surface area contributed by atoms with Crippen LogP contribution in [0.15, 0.2) is 39.2 Å². The highest BCUT2D eigenvalue weighted by molar-refractivity contribution is 14.0. The Morgan fingerprint density at radius 2 is 2.11 bits per heavy atom. The Balaban J connectivity index is 0.00000210. The Morgan fingerprint density at radius 1 is 1.33 bits per heavy atom. The van der Waals surface area contributed by atoms with E-state index in [2.05, 4.69) is 19.8 Å². The van der Waals surface area contributed by atoms with Gasteiger partial charge in [0.1, 0.15) is 23.7 Å². The van der Waals surface area contributed by atoms with E-state index in [1.54, 1.807) is 17.4 Å². The minimum Gasteiger partial charge on any atom is -0.459 e. The van der Waals surface area contributed by atoms with E-state index in [-0.39, 0.29) is 29.8 Å². The van der Waals surface area contributed by atoms with Gasteiger partial charge < -0.3 is 20.0 Å². The van der Waals surface area contributed by atoms with E-state index in [0.717, 1.165) is 48.0 Å². The summed E-state index contributed by atoms with van der Waals surface area (Å²) in [7, 11) is 0. The third-order valence-corrected chi connectivity index (χ3v) is 5.51. The zero-order chi connectivity index (χ0) is 18.1. The smallest absolute Gasteiger partial charge is 0.191 e. The molecule has 0 aliphatic carbocycles. The molecule has 0 atom stereocenters. The van der Waals surface area contributed by atoms with Crippen LogP contribution in [0.4, 0.5) is 9.52 Å². The third kappa shape index (κ3) is 4.18. The number of nitrogens with zero attached hydrogens (tertiary/aromatic N) is 4. The van der Waals surface area contributed by atoms with Gasteiger partial charge in [-0.25, -0.2) is 14.4 Å². The van der Waals surface area contributed by atoms with Gasteiger partial charge in [-0.3, -0.25) is 0 Å². The third-order valence-electron chi connectivity index (χ3n) is 4.68. The fourth-order valence-corrected chi connectivity index (χ4v) is 3.84. The van der Waals surface area contributed by atoms with E-state index in [4.69, 9.17) is 10.2 Å². The van der Waals surface area contributed by atoms with Gasteiger partial charge in [0.05, 0.1) is 0 Å². The van der Waals surface area contributed by atoms with Crippen molar-refractivity contribution in [3.63, 3.8) is 0 Å². The molecule has 0 unspecified atom stereocenters. The molecule has 3 aromatic rings. The van der Waals surface area contributed by atoms with Crippen LogP contribution in [-0.2, 0) is 6.54 Å². The molecule has 0 spiro atoms. The average molecular weight is 501 g/mol. The summed E-state index contributed by atoms with van der Waals surface area (Å²) in [4.78, 5) is 13.2. The summed E-state index contributed by atoms with van der Waals surface area (Å²) in [5, 5.41) is 3.81. The standard InChI is InChI=1S/C18H20FN5OS.HI/c1-12-14-10-13(19)2-3-15(14)25-16(12)11-22-17(20)23-5-7-24(8-6-23)18-21-4-9-26-18;/h2-4,9-10H,5-8,11H2,1H3,(H2,20,22);1H. The molecule has 6 nitrogen and oxygen atoms in total. The first-order valence-corrected chi connectivity index (χ1v) is 9.36. The largest absolute Gasteiger partial charge is 0.459 e. The van der Waals surface area contributed by atoms with Crippen LogP contribution in [-0.4, -0.2) is 42.0 Å². The molecule has 144 valence electrons. The lowest BCUT2D eigenvalue weighted by Crippen LogP contribution is -2.51. The van der Waals surface area contributed by atoms with Crippen LogP contribution in [0.2, 0.25) is 0 Å². The van der Waals surface area contributed by atoms with Crippen molar-refractivity contribution in [2.24, 2.45) is 10.7 Å². The van der Waals surface area contributed by atoms with Crippen LogP contribution in [0.1, 0.15) is 11.3 Å². The van der Waals surface area contributed by atoms with Crippen LogP contribution < -0.4 is 10.6 Å². The molecule has 1 fully saturated rings. The van der Waals surface area contributed by atoms with Crippen LogP contribution in [0, 0.1) is 12.7 Å². The number of aromatic nitrogens is 1. The molecule has 4 rings (SSSR count). The number of thiazole rings is 1. The molecule has 2 aromatic heterocycles. The number of hydrogen-bond donors (Lipinski definition) is 1. The first-order chi connectivity index (χ1) is 12.6. The van der Waals surface area contributed by atoms with Gasteiger partial charge in [-0.2, -0.15) is 0 Å². The summed E-state index contributed by atoms with van der Waals surface area (Å²) in [6.45, 7) is 5.61. The minimum absolute atomic E-state index is 0. The molecule has 1 saturated heterocycles. The Hall–Kier alpha value is -1.88. The Bertz CT molecular complexity index is 935. The number of rotatable bonds is 3. The number of nitrogens with two attached hydrogens (primary N) is 1. The van der Waals surface area contributed by atoms with E-state index in [0.29, 0.717) is 18.1 Å². The summed E-state index contributed by atoms with van der Waals surface area (Å²) >= 11 is 1.65. The first-order valence-electron chi connectivity index (χ1n) is 8.48. The van der Waals surface area contributed by atoms with Gasteiger partial charge in [-0.15, -0.1) is 35.3 Å². The molecular weight excluding hydrogens is 480 g/mol. The Kier molecular flexibility index (Phi) is 6.20. The zero-order valence-electron chi connectivity index (χ0n) is 14.9. The number of guanidine groups is 1. The number of furan rings is 1. The predicted octanol–water partition coefficient (Wildman–Crippen LogP) is 3.59. The van der Waals surface area contributed by atoms with Gasteiger partial charge in [-0.1, -0.05) is 0 Å². The van der Waals surface area contributed by atoms with Crippen molar-refractivity contribution in [3.8, 4) is 0 Å². The molecule has 0 amide bonds. The lowest BCUT2D eigenvalue weighted by atomic mass is 10.1. The number of piperazine rings is 1. The van der Waals surface area contributed by atoms with Crippen molar-refractivity contribution >= 4 is 57.4 Å². The summed E-state index contributed by atoms with van der Waals surface area (Å²) in [5.74, 6) is 0.957. The van der Waals surface area contributed by atoms with Crippen molar-refractivity contribution in [2.45, 2.75) is 13.5 Å². The number of benzene rings is 1. The molecular formula is C18H21FIN5OS. The highest BCUT2D eigenvalue weighted by Gasteiger charge is 2.20. The summed E-state index contributed by atoms with van der Waals surface area (Å²) < 4.78 is 19.2. The number of anilines is 1. The molecule has 3 heterocycles. The second kappa shape index (κ2) is 8.42. The average Bonchev–Trinajstić information content (AvgIpc) is 3.29. The summed E-state index contributed by atoms with van der Waals surface area (Å²) in [6.07, 6.45) is 1.82. The highest BCUT2D eigenvalue weighted by Crippen LogP contribution is 2.26. The van der Waals surface area contributed by atoms with Crippen LogP contribution >= 0.6 is 35.3 Å². The zero-order valence-corrected chi connectivity index (χ0v) is 18.0. The van der Waals surface area contributed by atoms with Crippen molar-refractivity contribution < 1.29 is 8.81 Å². The number of aliphatic imine (C=N–C) groups is 1. The normalized spacial score (nSPS) is 15.3. The predicted molar refractivity (Wildman–Crippen MR) is 118 cm³/mol. The fourth-order valence-electron chi connectivity index (χ4n) is 3.15. The molecule has 1 aliphatic heterocycles. The second-order valence-electron chi connectivity index (χ2n) is 6.25. The number of aryl methyl sites for hydroxylation is 1. The van der Waals surface area contributed by atoms with Crippen molar-refractivity contribution in [3.05, 3.63) is 46.9 Å². The second-order valence-corrected chi connectivity index (χ2v) is 7.13. The first kappa shape index (κ1) is 19.9.